The van der Waals surface area contributed by atoms with E-state index >= 15 is 0 Å². The van der Waals surface area contributed by atoms with E-state index < -0.39 is 0 Å². The maximum atomic E-state index is 12.4. The summed E-state index contributed by atoms with van der Waals surface area (Å²) in [6.45, 7) is 5.79. The number of piperazine rings is 1. The molecule has 1 N–H and O–H groups in total. The Bertz CT molecular complexity index is 486. The molecular formula is C17H26N2O3. The third kappa shape index (κ3) is 4.37. The molecule has 0 bridgehead atoms. The lowest BCUT2D eigenvalue weighted by molar-refractivity contribution is -0.132. The van der Waals surface area contributed by atoms with Crippen molar-refractivity contribution in [2.24, 2.45) is 0 Å². The van der Waals surface area contributed by atoms with E-state index in [1.165, 1.54) is 0 Å². The minimum atomic E-state index is 0.210. The van der Waals surface area contributed by atoms with Crippen LogP contribution in [0.2, 0.25) is 0 Å². The van der Waals surface area contributed by atoms with Crippen LogP contribution in [0.4, 0.5) is 0 Å². The van der Waals surface area contributed by atoms with Gasteiger partial charge in [0.15, 0.2) is 0 Å². The average molecular weight is 306 g/mol. The minimum Gasteiger partial charge on any atom is -0.497 e. The first-order valence-corrected chi connectivity index (χ1v) is 7.77. The summed E-state index contributed by atoms with van der Waals surface area (Å²) in [4.78, 5) is 14.4. The lowest BCUT2D eigenvalue weighted by Crippen LogP contribution is -2.55. The molecule has 0 aliphatic carbocycles. The van der Waals surface area contributed by atoms with E-state index in [0.29, 0.717) is 24.9 Å². The molecule has 5 nitrogen and oxygen atoms in total. The Hall–Kier alpha value is -1.75. The maximum Gasteiger partial charge on any atom is 0.223 e. The standard InChI is InChI=1S/C17H26N2O3/c1-12-10-19(11-13(2)18-12)17(20)6-5-14-7-15(21-3)9-16(8-14)22-4/h7-9,12-13,18H,5-6,10-11H2,1-4H3/t12-,13-/m0/s1. The van der Waals surface area contributed by atoms with E-state index in [1.807, 2.05) is 23.1 Å². The van der Waals surface area contributed by atoms with Crippen molar-refractivity contribution in [3.05, 3.63) is 23.8 Å². The van der Waals surface area contributed by atoms with Gasteiger partial charge in [-0.3, -0.25) is 4.79 Å². The Balaban J connectivity index is 1.96. The molecule has 5 heteroatoms. The van der Waals surface area contributed by atoms with Gasteiger partial charge in [-0.2, -0.15) is 0 Å². The quantitative estimate of drug-likeness (QED) is 0.902. The molecule has 1 aliphatic rings. The summed E-state index contributed by atoms with van der Waals surface area (Å²) in [5, 5.41) is 3.44. The van der Waals surface area contributed by atoms with Crippen molar-refractivity contribution in [2.75, 3.05) is 27.3 Å². The molecule has 2 atom stereocenters. The normalized spacial score (nSPS) is 21.5. The highest BCUT2D eigenvalue weighted by Gasteiger charge is 2.24. The number of hydrogen-bond donors (Lipinski definition) is 1. The second-order valence-electron chi connectivity index (χ2n) is 5.99. The largest absolute Gasteiger partial charge is 0.497 e. The molecule has 1 aromatic rings. The van der Waals surface area contributed by atoms with Crippen LogP contribution in [0.1, 0.15) is 25.8 Å². The van der Waals surface area contributed by atoms with Gasteiger partial charge in [-0.15, -0.1) is 0 Å². The highest BCUT2D eigenvalue weighted by molar-refractivity contribution is 5.76. The molecule has 1 saturated heterocycles. The van der Waals surface area contributed by atoms with Crippen LogP contribution in [0.25, 0.3) is 0 Å². The summed E-state index contributed by atoms with van der Waals surface area (Å²) < 4.78 is 10.5. The Labute approximate surface area is 132 Å². The Morgan fingerprint density at radius 1 is 1.14 bits per heavy atom. The van der Waals surface area contributed by atoms with Gasteiger partial charge in [0.25, 0.3) is 0 Å². The number of aryl methyl sites for hydroxylation is 1. The number of carbonyl (C=O) groups is 1. The van der Waals surface area contributed by atoms with E-state index in [9.17, 15) is 4.79 Å². The van der Waals surface area contributed by atoms with E-state index in [2.05, 4.69) is 19.2 Å². The predicted octanol–water partition coefficient (Wildman–Crippen LogP) is 1.85. The molecule has 1 heterocycles. The summed E-state index contributed by atoms with van der Waals surface area (Å²) >= 11 is 0. The van der Waals surface area contributed by atoms with E-state index in [4.69, 9.17) is 9.47 Å². The van der Waals surface area contributed by atoms with Gasteiger partial charge in [-0.25, -0.2) is 0 Å². The van der Waals surface area contributed by atoms with E-state index in [1.54, 1.807) is 14.2 Å². The number of rotatable bonds is 5. The first-order valence-electron chi connectivity index (χ1n) is 7.77. The zero-order valence-corrected chi connectivity index (χ0v) is 13.9. The van der Waals surface area contributed by atoms with Crippen molar-refractivity contribution in [3.63, 3.8) is 0 Å². The number of amides is 1. The van der Waals surface area contributed by atoms with Crippen LogP contribution >= 0.6 is 0 Å². The fourth-order valence-electron chi connectivity index (χ4n) is 2.95. The van der Waals surface area contributed by atoms with Crippen LogP contribution in [0.5, 0.6) is 11.5 Å². The molecule has 122 valence electrons. The second-order valence-corrected chi connectivity index (χ2v) is 5.99. The molecule has 1 aliphatic heterocycles. The summed E-state index contributed by atoms with van der Waals surface area (Å²) in [6, 6.07) is 6.46. The molecule has 0 saturated carbocycles. The molecule has 0 spiro atoms. The van der Waals surface area contributed by atoms with Crippen LogP contribution in [-0.2, 0) is 11.2 Å². The van der Waals surface area contributed by atoms with E-state index in [-0.39, 0.29) is 5.91 Å². The van der Waals surface area contributed by atoms with Gasteiger partial charge in [-0.05, 0) is 38.0 Å². The fraction of sp³-hybridized carbons (Fsp3) is 0.588. The molecule has 22 heavy (non-hydrogen) atoms. The van der Waals surface area contributed by atoms with Crippen LogP contribution < -0.4 is 14.8 Å². The maximum absolute atomic E-state index is 12.4. The van der Waals surface area contributed by atoms with Gasteiger partial charge in [-0.1, -0.05) is 0 Å². The fourth-order valence-corrected chi connectivity index (χ4v) is 2.95. The average Bonchev–Trinajstić information content (AvgIpc) is 2.51. The molecule has 0 aromatic heterocycles. The van der Waals surface area contributed by atoms with Gasteiger partial charge >= 0.3 is 0 Å². The number of methoxy groups -OCH3 is 2. The van der Waals surface area contributed by atoms with Crippen LogP contribution in [0.15, 0.2) is 18.2 Å². The predicted molar refractivity (Wildman–Crippen MR) is 86.5 cm³/mol. The van der Waals surface area contributed by atoms with Crippen LogP contribution in [0.3, 0.4) is 0 Å². The number of nitrogens with zero attached hydrogens (tertiary/aromatic N) is 1. The van der Waals surface area contributed by atoms with Crippen molar-refractivity contribution in [1.82, 2.24) is 10.2 Å². The lowest BCUT2D eigenvalue weighted by Gasteiger charge is -2.36. The Morgan fingerprint density at radius 2 is 1.68 bits per heavy atom. The number of nitrogens with one attached hydrogen (secondary N) is 1. The smallest absolute Gasteiger partial charge is 0.223 e. The van der Waals surface area contributed by atoms with Crippen molar-refractivity contribution in [1.29, 1.82) is 0 Å². The third-order valence-electron chi connectivity index (χ3n) is 3.95. The SMILES string of the molecule is COc1cc(CCC(=O)N2C[C@H](C)N[C@@H](C)C2)cc(OC)c1. The summed E-state index contributed by atoms with van der Waals surface area (Å²) in [5.74, 6) is 1.72. The van der Waals surface area contributed by atoms with Crippen molar-refractivity contribution in [3.8, 4) is 11.5 Å². The van der Waals surface area contributed by atoms with Gasteiger partial charge in [0, 0.05) is 37.7 Å². The van der Waals surface area contributed by atoms with Gasteiger partial charge < -0.3 is 19.7 Å². The van der Waals surface area contributed by atoms with E-state index in [0.717, 1.165) is 30.2 Å². The van der Waals surface area contributed by atoms with Crippen LogP contribution in [0, 0.1) is 0 Å². The molecular weight excluding hydrogens is 280 g/mol. The molecule has 2 rings (SSSR count). The van der Waals surface area contributed by atoms with Gasteiger partial charge in [0.05, 0.1) is 14.2 Å². The van der Waals surface area contributed by atoms with Crippen molar-refractivity contribution in [2.45, 2.75) is 38.8 Å². The Morgan fingerprint density at radius 3 is 2.18 bits per heavy atom. The number of benzene rings is 1. The van der Waals surface area contributed by atoms with Crippen molar-refractivity contribution < 1.29 is 14.3 Å². The minimum absolute atomic E-state index is 0.210. The third-order valence-corrected chi connectivity index (χ3v) is 3.95. The lowest BCUT2D eigenvalue weighted by atomic mass is 10.1. The molecule has 0 unspecified atom stereocenters. The summed E-state index contributed by atoms with van der Waals surface area (Å²) in [6.07, 6.45) is 1.20. The topological polar surface area (TPSA) is 50.8 Å². The molecule has 1 fully saturated rings. The first kappa shape index (κ1) is 16.6. The summed E-state index contributed by atoms with van der Waals surface area (Å²) in [7, 11) is 3.26. The summed E-state index contributed by atoms with van der Waals surface area (Å²) in [5.41, 5.74) is 1.06. The number of carbonyl (C=O) groups excluding carboxylic acids is 1. The van der Waals surface area contributed by atoms with Gasteiger partial charge in [0.1, 0.15) is 11.5 Å². The molecule has 0 radical (unpaired) electrons. The Kier molecular flexibility index (Phi) is 5.66. The second kappa shape index (κ2) is 7.49. The van der Waals surface area contributed by atoms with Crippen molar-refractivity contribution >= 4 is 5.91 Å². The molecule has 1 aromatic carbocycles. The zero-order valence-electron chi connectivity index (χ0n) is 13.9. The number of hydrogen-bond acceptors (Lipinski definition) is 4. The van der Waals surface area contributed by atoms with Gasteiger partial charge in [0.2, 0.25) is 5.91 Å². The molecule has 1 amide bonds. The zero-order chi connectivity index (χ0) is 16.1. The number of ether oxygens (including phenoxy) is 2. The monoisotopic (exact) mass is 306 g/mol. The highest BCUT2D eigenvalue weighted by Crippen LogP contribution is 2.23. The first-order chi connectivity index (χ1) is 10.5. The van der Waals surface area contributed by atoms with Crippen LogP contribution in [-0.4, -0.2) is 50.2 Å². The highest BCUT2D eigenvalue weighted by atomic mass is 16.5.